The normalized spacial score (nSPS) is 16.0. The zero-order valence-electron chi connectivity index (χ0n) is 11.9. The number of imide groups is 1. The van der Waals surface area contributed by atoms with Crippen LogP contribution in [0.4, 0.5) is 0 Å². The Labute approximate surface area is 126 Å². The van der Waals surface area contributed by atoms with E-state index >= 15 is 0 Å². The van der Waals surface area contributed by atoms with Crippen LogP contribution in [-0.4, -0.2) is 51.5 Å². The number of hydrogen-bond acceptors (Lipinski definition) is 5. The van der Waals surface area contributed by atoms with Gasteiger partial charge in [-0.2, -0.15) is 0 Å². The van der Waals surface area contributed by atoms with Crippen molar-refractivity contribution in [2.24, 2.45) is 0 Å². The second kappa shape index (κ2) is 6.99. The zero-order chi connectivity index (χ0) is 16.1. The predicted molar refractivity (Wildman–Crippen MR) is 75.7 cm³/mol. The summed E-state index contributed by atoms with van der Waals surface area (Å²) in [5, 5.41) is 12.3. The van der Waals surface area contributed by atoms with Gasteiger partial charge in [0.1, 0.15) is 6.54 Å². The van der Waals surface area contributed by atoms with Crippen molar-refractivity contribution in [2.75, 3.05) is 13.1 Å². The number of aliphatic hydroxyl groups excluding tert-OH is 1. The monoisotopic (exact) mass is 307 g/mol. The van der Waals surface area contributed by atoms with Gasteiger partial charge in [-0.05, 0) is 6.07 Å². The minimum absolute atomic E-state index is 0.0432. The highest BCUT2D eigenvalue weighted by atomic mass is 16.3. The fourth-order valence-electron chi connectivity index (χ4n) is 2.13. The van der Waals surface area contributed by atoms with E-state index in [1.165, 1.54) is 16.8 Å². The average Bonchev–Trinajstić information content (AvgIpc) is 2.79. The predicted octanol–water partition coefficient (Wildman–Crippen LogP) is -1.53. The van der Waals surface area contributed by atoms with Crippen molar-refractivity contribution in [3.63, 3.8) is 0 Å². The SMILES string of the molecule is O=C(CN1C(=O)CCC1=O)NCC(O)Cn1ccccc1=O. The number of nitrogens with zero attached hydrogens (tertiary/aromatic N) is 2. The summed E-state index contributed by atoms with van der Waals surface area (Å²) in [5.74, 6) is -1.25. The Morgan fingerprint density at radius 2 is 1.91 bits per heavy atom. The maximum Gasteiger partial charge on any atom is 0.250 e. The zero-order valence-corrected chi connectivity index (χ0v) is 11.9. The van der Waals surface area contributed by atoms with Crippen molar-refractivity contribution < 1.29 is 19.5 Å². The average molecular weight is 307 g/mol. The number of rotatable bonds is 6. The van der Waals surface area contributed by atoms with Gasteiger partial charge >= 0.3 is 0 Å². The van der Waals surface area contributed by atoms with Gasteiger partial charge in [-0.1, -0.05) is 6.07 Å². The third-order valence-electron chi connectivity index (χ3n) is 3.30. The van der Waals surface area contributed by atoms with E-state index in [2.05, 4.69) is 5.32 Å². The summed E-state index contributed by atoms with van der Waals surface area (Å²) in [6.07, 6.45) is 0.848. The number of hydrogen-bond donors (Lipinski definition) is 2. The number of carbonyl (C=O) groups excluding carboxylic acids is 3. The molecule has 118 valence electrons. The molecule has 0 radical (unpaired) electrons. The molecule has 1 unspecified atom stereocenters. The van der Waals surface area contributed by atoms with Crippen LogP contribution < -0.4 is 10.9 Å². The van der Waals surface area contributed by atoms with E-state index in [-0.39, 0.29) is 49.8 Å². The van der Waals surface area contributed by atoms with E-state index < -0.39 is 12.0 Å². The highest BCUT2D eigenvalue weighted by Crippen LogP contribution is 2.10. The summed E-state index contributed by atoms with van der Waals surface area (Å²) in [4.78, 5) is 46.8. The quantitative estimate of drug-likeness (QED) is 0.620. The van der Waals surface area contributed by atoms with Crippen molar-refractivity contribution in [3.8, 4) is 0 Å². The molecule has 8 nitrogen and oxygen atoms in total. The van der Waals surface area contributed by atoms with Gasteiger partial charge in [0.05, 0.1) is 12.6 Å². The molecule has 8 heteroatoms. The van der Waals surface area contributed by atoms with Crippen LogP contribution in [0, 0.1) is 0 Å². The Morgan fingerprint density at radius 3 is 2.55 bits per heavy atom. The van der Waals surface area contributed by atoms with Crippen LogP contribution >= 0.6 is 0 Å². The van der Waals surface area contributed by atoms with Gasteiger partial charge in [-0.25, -0.2) is 0 Å². The fraction of sp³-hybridized carbons (Fsp3) is 0.429. The van der Waals surface area contributed by atoms with E-state index in [4.69, 9.17) is 0 Å². The van der Waals surface area contributed by atoms with Crippen LogP contribution in [0.5, 0.6) is 0 Å². The molecule has 1 fully saturated rings. The van der Waals surface area contributed by atoms with Crippen LogP contribution in [0.3, 0.4) is 0 Å². The second-order valence-corrected chi connectivity index (χ2v) is 5.02. The Bertz CT molecular complexity index is 623. The first-order chi connectivity index (χ1) is 10.5. The molecule has 1 aliphatic heterocycles. The largest absolute Gasteiger partial charge is 0.389 e. The summed E-state index contributed by atoms with van der Waals surface area (Å²) in [6.45, 7) is -0.367. The number of carbonyl (C=O) groups is 3. The van der Waals surface area contributed by atoms with Crippen molar-refractivity contribution in [1.29, 1.82) is 0 Å². The molecule has 22 heavy (non-hydrogen) atoms. The van der Waals surface area contributed by atoms with Gasteiger partial charge in [-0.15, -0.1) is 0 Å². The van der Waals surface area contributed by atoms with Crippen LogP contribution in [-0.2, 0) is 20.9 Å². The van der Waals surface area contributed by atoms with Crippen LogP contribution in [0.2, 0.25) is 0 Å². The number of likely N-dealkylation sites (tertiary alicyclic amines) is 1. The smallest absolute Gasteiger partial charge is 0.250 e. The standard InChI is InChI=1S/C14H17N3O5/c18-10(8-16-6-2-1-3-12(16)20)7-15-11(19)9-17-13(21)4-5-14(17)22/h1-3,6,10,18H,4-5,7-9H2,(H,15,19). The molecule has 1 atom stereocenters. The third-order valence-corrected chi connectivity index (χ3v) is 3.30. The molecule has 2 heterocycles. The van der Waals surface area contributed by atoms with Gasteiger partial charge in [0.25, 0.3) is 5.56 Å². The van der Waals surface area contributed by atoms with E-state index in [0.29, 0.717) is 0 Å². The lowest BCUT2D eigenvalue weighted by Gasteiger charge is -2.16. The maximum absolute atomic E-state index is 11.7. The van der Waals surface area contributed by atoms with E-state index in [0.717, 1.165) is 4.90 Å². The lowest BCUT2D eigenvalue weighted by molar-refractivity contribution is -0.142. The van der Waals surface area contributed by atoms with Gasteiger partial charge in [-0.3, -0.25) is 24.1 Å². The number of aromatic nitrogens is 1. The number of amides is 3. The van der Waals surface area contributed by atoms with Crippen molar-refractivity contribution in [1.82, 2.24) is 14.8 Å². The Hall–Kier alpha value is -2.48. The topological polar surface area (TPSA) is 109 Å². The molecular weight excluding hydrogens is 290 g/mol. The van der Waals surface area contributed by atoms with Crippen LogP contribution in [0.15, 0.2) is 29.2 Å². The minimum Gasteiger partial charge on any atom is -0.389 e. The molecule has 0 spiro atoms. The Balaban J connectivity index is 1.78. The number of aliphatic hydroxyl groups is 1. The third kappa shape index (κ3) is 4.01. The summed E-state index contributed by atoms with van der Waals surface area (Å²) in [7, 11) is 0. The fourth-order valence-corrected chi connectivity index (χ4v) is 2.13. The molecule has 1 aromatic rings. The van der Waals surface area contributed by atoms with Gasteiger partial charge in [0, 0.05) is 31.6 Å². The molecule has 1 saturated heterocycles. The first-order valence-corrected chi connectivity index (χ1v) is 6.91. The molecule has 0 saturated carbocycles. The van der Waals surface area contributed by atoms with E-state index in [1.807, 2.05) is 0 Å². The van der Waals surface area contributed by atoms with Gasteiger partial charge in [0.2, 0.25) is 17.7 Å². The highest BCUT2D eigenvalue weighted by molar-refractivity contribution is 6.04. The van der Waals surface area contributed by atoms with Gasteiger partial charge in [0.15, 0.2) is 0 Å². The molecular formula is C14H17N3O5. The highest BCUT2D eigenvalue weighted by Gasteiger charge is 2.30. The molecule has 0 aromatic carbocycles. The molecule has 0 bridgehead atoms. The molecule has 0 aliphatic carbocycles. The summed E-state index contributed by atoms with van der Waals surface area (Å²) in [6, 6.07) is 4.63. The molecule has 1 aliphatic rings. The molecule has 3 amide bonds. The molecule has 2 rings (SSSR count). The summed E-state index contributed by atoms with van der Waals surface area (Å²) in [5.41, 5.74) is -0.249. The first-order valence-electron chi connectivity index (χ1n) is 6.91. The first kappa shape index (κ1) is 15.9. The second-order valence-electron chi connectivity index (χ2n) is 5.02. The van der Waals surface area contributed by atoms with E-state index in [1.54, 1.807) is 12.1 Å². The summed E-state index contributed by atoms with van der Waals surface area (Å²) < 4.78 is 1.32. The van der Waals surface area contributed by atoms with Crippen molar-refractivity contribution in [3.05, 3.63) is 34.7 Å². The lowest BCUT2D eigenvalue weighted by Crippen LogP contribution is -2.43. The van der Waals surface area contributed by atoms with Crippen molar-refractivity contribution in [2.45, 2.75) is 25.5 Å². The van der Waals surface area contributed by atoms with E-state index in [9.17, 15) is 24.3 Å². The van der Waals surface area contributed by atoms with Crippen LogP contribution in [0.1, 0.15) is 12.8 Å². The van der Waals surface area contributed by atoms with Crippen molar-refractivity contribution >= 4 is 17.7 Å². The lowest BCUT2D eigenvalue weighted by atomic mass is 10.3. The number of pyridine rings is 1. The molecule has 2 N–H and O–H groups in total. The maximum atomic E-state index is 11.7. The Morgan fingerprint density at radius 1 is 1.23 bits per heavy atom. The summed E-state index contributed by atoms with van der Waals surface area (Å²) >= 11 is 0. The molecule has 1 aromatic heterocycles. The minimum atomic E-state index is -0.950. The Kier molecular flexibility index (Phi) is 5.05. The van der Waals surface area contributed by atoms with Gasteiger partial charge < -0.3 is 15.0 Å². The number of nitrogens with one attached hydrogen (secondary N) is 1. The van der Waals surface area contributed by atoms with Crippen LogP contribution in [0.25, 0.3) is 0 Å².